The summed E-state index contributed by atoms with van der Waals surface area (Å²) in [6.07, 6.45) is 1.62. The van der Waals surface area contributed by atoms with Gasteiger partial charge in [0, 0.05) is 17.1 Å². The molecule has 1 aromatic heterocycles. The normalized spacial score (nSPS) is 10.7. The lowest BCUT2D eigenvalue weighted by atomic mass is 10.00. The van der Waals surface area contributed by atoms with Crippen molar-refractivity contribution in [1.82, 2.24) is 4.98 Å². The second-order valence-corrected chi connectivity index (χ2v) is 5.17. The Labute approximate surface area is 123 Å². The summed E-state index contributed by atoms with van der Waals surface area (Å²) in [4.78, 5) is 16.8. The topological polar surface area (TPSA) is 30.0 Å². The molecular weight excluding hydrogens is 321 g/mol. The summed E-state index contributed by atoms with van der Waals surface area (Å²) in [6.45, 7) is 0. The zero-order valence-electron chi connectivity index (χ0n) is 10.3. The van der Waals surface area contributed by atoms with Gasteiger partial charge in [-0.3, -0.25) is 9.78 Å². The summed E-state index contributed by atoms with van der Waals surface area (Å²) in [6, 6.07) is 13.7. The van der Waals surface area contributed by atoms with Crippen LogP contribution in [0.5, 0.6) is 0 Å². The fourth-order valence-corrected chi connectivity index (χ4v) is 2.48. The van der Waals surface area contributed by atoms with Crippen LogP contribution in [0, 0.1) is 5.82 Å². The molecule has 1 heterocycles. The van der Waals surface area contributed by atoms with E-state index < -0.39 is 5.82 Å². The molecule has 0 aliphatic carbocycles. The van der Waals surface area contributed by atoms with Gasteiger partial charge in [-0.25, -0.2) is 4.39 Å². The van der Waals surface area contributed by atoms with Crippen molar-refractivity contribution in [2.45, 2.75) is 0 Å². The smallest absolute Gasteiger partial charge is 0.198 e. The zero-order chi connectivity index (χ0) is 14.1. The average Bonchev–Trinajstić information content (AvgIpc) is 2.49. The third-order valence-electron chi connectivity index (χ3n) is 3.07. The molecule has 0 aliphatic heterocycles. The molecule has 2 nitrogen and oxygen atoms in total. The van der Waals surface area contributed by atoms with Crippen molar-refractivity contribution >= 4 is 32.6 Å². The first-order valence-corrected chi connectivity index (χ1v) is 6.80. The van der Waals surface area contributed by atoms with Crippen molar-refractivity contribution < 1.29 is 9.18 Å². The van der Waals surface area contributed by atoms with Crippen molar-refractivity contribution in [2.75, 3.05) is 0 Å². The highest BCUT2D eigenvalue weighted by molar-refractivity contribution is 9.10. The molecule has 4 heteroatoms. The van der Waals surface area contributed by atoms with Crippen molar-refractivity contribution in [2.24, 2.45) is 0 Å². The highest BCUT2D eigenvalue weighted by atomic mass is 79.9. The summed E-state index contributed by atoms with van der Waals surface area (Å²) in [5.41, 5.74) is 1.03. The number of nitrogens with zero attached hydrogens (tertiary/aromatic N) is 1. The lowest BCUT2D eigenvalue weighted by Gasteiger charge is -2.06. The molecule has 0 saturated heterocycles. The van der Waals surface area contributed by atoms with Crippen LogP contribution in [0.3, 0.4) is 0 Å². The summed E-state index contributed by atoms with van der Waals surface area (Å²) in [5.74, 6) is -0.918. The van der Waals surface area contributed by atoms with Gasteiger partial charge in [-0.2, -0.15) is 0 Å². The van der Waals surface area contributed by atoms with Crippen LogP contribution in [0.2, 0.25) is 0 Å². The van der Waals surface area contributed by atoms with E-state index in [0.29, 0.717) is 11.1 Å². The van der Waals surface area contributed by atoms with Gasteiger partial charge in [0.05, 0.1) is 15.6 Å². The van der Waals surface area contributed by atoms with Crippen LogP contribution in [0.4, 0.5) is 4.39 Å². The van der Waals surface area contributed by atoms with Gasteiger partial charge in [-0.15, -0.1) is 0 Å². The van der Waals surface area contributed by atoms with Crippen molar-refractivity contribution in [3.63, 3.8) is 0 Å². The monoisotopic (exact) mass is 329 g/mol. The average molecular weight is 330 g/mol. The number of carbonyl (C=O) groups excluding carboxylic acids is 1. The van der Waals surface area contributed by atoms with E-state index in [4.69, 9.17) is 0 Å². The quantitative estimate of drug-likeness (QED) is 0.653. The van der Waals surface area contributed by atoms with E-state index in [1.54, 1.807) is 36.5 Å². The van der Waals surface area contributed by atoms with E-state index in [9.17, 15) is 9.18 Å². The van der Waals surface area contributed by atoms with Crippen LogP contribution in [-0.4, -0.2) is 10.8 Å². The fourth-order valence-electron chi connectivity index (χ4n) is 2.11. The van der Waals surface area contributed by atoms with Gasteiger partial charge in [0.2, 0.25) is 0 Å². The molecule has 0 atom stereocenters. The van der Waals surface area contributed by atoms with Crippen LogP contribution in [0.25, 0.3) is 10.9 Å². The van der Waals surface area contributed by atoms with E-state index in [2.05, 4.69) is 20.9 Å². The number of pyridine rings is 1. The number of hydrogen-bond acceptors (Lipinski definition) is 2. The SMILES string of the molecule is O=C(c1cccc(Br)c1F)c1cccc2cccnc12. The Balaban J connectivity index is 2.21. The van der Waals surface area contributed by atoms with Gasteiger partial charge >= 0.3 is 0 Å². The van der Waals surface area contributed by atoms with Gasteiger partial charge in [0.1, 0.15) is 5.82 Å². The van der Waals surface area contributed by atoms with Crippen molar-refractivity contribution in [3.8, 4) is 0 Å². The van der Waals surface area contributed by atoms with E-state index in [1.807, 2.05) is 12.1 Å². The number of carbonyl (C=O) groups is 1. The Morgan fingerprint density at radius 2 is 1.70 bits per heavy atom. The maximum Gasteiger partial charge on any atom is 0.198 e. The minimum atomic E-state index is -0.551. The molecule has 0 aliphatic rings. The van der Waals surface area contributed by atoms with Gasteiger partial charge < -0.3 is 0 Å². The van der Waals surface area contributed by atoms with Crippen LogP contribution in [0.15, 0.2) is 59.2 Å². The summed E-state index contributed by atoms with van der Waals surface area (Å²) >= 11 is 3.09. The Morgan fingerprint density at radius 1 is 1.00 bits per heavy atom. The summed E-state index contributed by atoms with van der Waals surface area (Å²) in [5, 5.41) is 0.855. The first-order chi connectivity index (χ1) is 9.68. The number of rotatable bonds is 2. The van der Waals surface area contributed by atoms with Crippen molar-refractivity contribution in [1.29, 1.82) is 0 Å². The molecule has 3 rings (SSSR count). The number of aromatic nitrogens is 1. The second-order valence-electron chi connectivity index (χ2n) is 4.31. The third kappa shape index (κ3) is 2.12. The Morgan fingerprint density at radius 3 is 2.55 bits per heavy atom. The molecule has 0 unspecified atom stereocenters. The van der Waals surface area contributed by atoms with E-state index in [-0.39, 0.29) is 15.8 Å². The van der Waals surface area contributed by atoms with E-state index in [1.165, 1.54) is 6.07 Å². The maximum atomic E-state index is 14.0. The Bertz CT molecular complexity index is 811. The van der Waals surface area contributed by atoms with Crippen LogP contribution >= 0.6 is 15.9 Å². The molecule has 0 saturated carbocycles. The van der Waals surface area contributed by atoms with Gasteiger partial charge in [0.15, 0.2) is 5.78 Å². The standard InChI is InChI=1S/C16H9BrFNO/c17-13-8-2-6-11(14(13)18)16(20)12-7-1-4-10-5-3-9-19-15(10)12/h1-9H. The maximum absolute atomic E-state index is 14.0. The lowest BCUT2D eigenvalue weighted by molar-refractivity contribution is 0.103. The van der Waals surface area contributed by atoms with Crippen LogP contribution in [0.1, 0.15) is 15.9 Å². The lowest BCUT2D eigenvalue weighted by Crippen LogP contribution is -2.06. The minimum Gasteiger partial charge on any atom is -0.288 e. The fraction of sp³-hybridized carbons (Fsp3) is 0. The number of halogens is 2. The molecule has 0 amide bonds. The van der Waals surface area contributed by atoms with Gasteiger partial charge in [-0.1, -0.05) is 24.3 Å². The number of fused-ring (bicyclic) bond motifs is 1. The van der Waals surface area contributed by atoms with Crippen LogP contribution < -0.4 is 0 Å². The molecule has 98 valence electrons. The predicted octanol–water partition coefficient (Wildman–Crippen LogP) is 4.37. The van der Waals surface area contributed by atoms with Crippen molar-refractivity contribution in [3.05, 3.63) is 76.1 Å². The zero-order valence-corrected chi connectivity index (χ0v) is 11.9. The van der Waals surface area contributed by atoms with E-state index in [0.717, 1.165) is 5.39 Å². The largest absolute Gasteiger partial charge is 0.288 e. The Hall–Kier alpha value is -2.07. The highest BCUT2D eigenvalue weighted by Crippen LogP contribution is 2.24. The number of hydrogen-bond donors (Lipinski definition) is 0. The summed E-state index contributed by atoms with van der Waals surface area (Å²) < 4.78 is 14.3. The first kappa shape index (κ1) is 12.9. The molecule has 20 heavy (non-hydrogen) atoms. The van der Waals surface area contributed by atoms with Crippen LogP contribution in [-0.2, 0) is 0 Å². The summed E-state index contributed by atoms with van der Waals surface area (Å²) in [7, 11) is 0. The molecule has 2 aromatic carbocycles. The number of benzene rings is 2. The molecule has 0 fully saturated rings. The predicted molar refractivity (Wildman–Crippen MR) is 79.3 cm³/mol. The molecule has 0 spiro atoms. The number of para-hydroxylation sites is 1. The molecular formula is C16H9BrFNO. The molecule has 0 bridgehead atoms. The first-order valence-electron chi connectivity index (χ1n) is 6.01. The third-order valence-corrected chi connectivity index (χ3v) is 3.69. The Kier molecular flexibility index (Phi) is 3.32. The molecule has 3 aromatic rings. The second kappa shape index (κ2) is 5.13. The van der Waals surface area contributed by atoms with Gasteiger partial charge in [-0.05, 0) is 40.2 Å². The number of ketones is 1. The molecule has 0 radical (unpaired) electrons. The highest BCUT2D eigenvalue weighted by Gasteiger charge is 2.18. The minimum absolute atomic E-state index is 0.0394. The molecule has 0 N–H and O–H groups in total. The van der Waals surface area contributed by atoms with Gasteiger partial charge in [0.25, 0.3) is 0 Å². The van der Waals surface area contributed by atoms with E-state index >= 15 is 0 Å².